The first kappa shape index (κ1) is 15.0. The summed E-state index contributed by atoms with van der Waals surface area (Å²) in [6, 6.07) is 0.0777. The van der Waals surface area contributed by atoms with Gasteiger partial charge < -0.3 is 4.74 Å². The largest absolute Gasteiger partial charge is 0.381 e. The van der Waals surface area contributed by atoms with Crippen molar-refractivity contribution in [2.75, 3.05) is 19.8 Å². The molecule has 0 aliphatic carbocycles. The summed E-state index contributed by atoms with van der Waals surface area (Å²) in [6.45, 7) is 15.4. The van der Waals surface area contributed by atoms with E-state index in [4.69, 9.17) is 4.74 Å². The number of carbonyl (C=O) groups excluding carboxylic acids is 1. The molecule has 2 fully saturated rings. The predicted molar refractivity (Wildman–Crippen MR) is 77.1 cm³/mol. The van der Waals surface area contributed by atoms with Crippen LogP contribution in [0.5, 0.6) is 0 Å². The number of ether oxygens (including phenoxy) is 1. The second kappa shape index (κ2) is 4.85. The van der Waals surface area contributed by atoms with Gasteiger partial charge in [0, 0.05) is 24.1 Å². The van der Waals surface area contributed by atoms with Gasteiger partial charge in [-0.25, -0.2) is 0 Å². The van der Waals surface area contributed by atoms with Gasteiger partial charge in [0.1, 0.15) is 0 Å². The lowest BCUT2D eigenvalue weighted by Gasteiger charge is -2.40. The van der Waals surface area contributed by atoms with Crippen molar-refractivity contribution in [1.29, 1.82) is 0 Å². The molecule has 0 N–H and O–H groups in total. The molecule has 0 spiro atoms. The molecular formula is C16H29NO2. The van der Waals surface area contributed by atoms with E-state index in [0.29, 0.717) is 17.6 Å². The van der Waals surface area contributed by atoms with Crippen molar-refractivity contribution < 1.29 is 9.53 Å². The summed E-state index contributed by atoms with van der Waals surface area (Å²) in [5, 5.41) is 0. The van der Waals surface area contributed by atoms with E-state index < -0.39 is 0 Å². The van der Waals surface area contributed by atoms with Crippen molar-refractivity contribution in [3.63, 3.8) is 0 Å². The van der Waals surface area contributed by atoms with Crippen LogP contribution >= 0.6 is 0 Å². The molecule has 3 heteroatoms. The molecule has 2 saturated heterocycles. The van der Waals surface area contributed by atoms with Crippen LogP contribution < -0.4 is 0 Å². The summed E-state index contributed by atoms with van der Waals surface area (Å²) < 4.78 is 5.62. The van der Waals surface area contributed by atoms with E-state index in [1.807, 2.05) is 20.8 Å². The third-order valence-corrected chi connectivity index (χ3v) is 4.57. The van der Waals surface area contributed by atoms with Crippen LogP contribution in [0.2, 0.25) is 0 Å². The van der Waals surface area contributed by atoms with Crippen LogP contribution in [0.25, 0.3) is 0 Å². The van der Waals surface area contributed by atoms with Gasteiger partial charge in [-0.1, -0.05) is 20.8 Å². The fraction of sp³-hybridized carbons (Fsp3) is 0.938. The van der Waals surface area contributed by atoms with Gasteiger partial charge in [0.15, 0.2) is 5.78 Å². The molecule has 3 unspecified atom stereocenters. The second-order valence-corrected chi connectivity index (χ2v) is 8.17. The molecule has 2 aliphatic heterocycles. The molecule has 0 aromatic heterocycles. The summed E-state index contributed by atoms with van der Waals surface area (Å²) in [5.41, 5.74) is -0.218. The molecule has 19 heavy (non-hydrogen) atoms. The lowest BCUT2D eigenvalue weighted by molar-refractivity contribution is -0.134. The van der Waals surface area contributed by atoms with Crippen molar-refractivity contribution >= 4 is 5.78 Å². The number of fused-ring (bicyclic) bond motifs is 1. The normalized spacial score (nSPS) is 33.3. The Kier molecular flexibility index (Phi) is 3.83. The first-order valence-electron chi connectivity index (χ1n) is 7.51. The maximum Gasteiger partial charge on any atom is 0.155 e. The van der Waals surface area contributed by atoms with Gasteiger partial charge in [0.05, 0.1) is 12.6 Å². The zero-order valence-corrected chi connectivity index (χ0v) is 13.3. The van der Waals surface area contributed by atoms with Gasteiger partial charge in [-0.3, -0.25) is 9.69 Å². The first-order chi connectivity index (χ1) is 8.62. The van der Waals surface area contributed by atoms with Gasteiger partial charge in [-0.15, -0.1) is 0 Å². The summed E-state index contributed by atoms with van der Waals surface area (Å²) in [4.78, 5) is 15.3. The molecular weight excluding hydrogens is 238 g/mol. The van der Waals surface area contributed by atoms with E-state index >= 15 is 0 Å². The smallest absolute Gasteiger partial charge is 0.155 e. The molecule has 0 bridgehead atoms. The Morgan fingerprint density at radius 1 is 1.16 bits per heavy atom. The highest BCUT2D eigenvalue weighted by Crippen LogP contribution is 2.41. The molecule has 0 amide bonds. The number of hydrogen-bond acceptors (Lipinski definition) is 3. The summed E-state index contributed by atoms with van der Waals surface area (Å²) >= 11 is 0. The molecule has 0 aromatic carbocycles. The minimum Gasteiger partial charge on any atom is -0.381 e. The Hall–Kier alpha value is -0.410. The molecule has 3 nitrogen and oxygen atoms in total. The van der Waals surface area contributed by atoms with Gasteiger partial charge in [-0.05, 0) is 39.0 Å². The number of rotatable bonds is 1. The molecule has 110 valence electrons. The maximum atomic E-state index is 12.9. The SMILES string of the molecule is CC(C)(C)C(=O)C1C2CCOCC2CN1C(C)(C)C. The Bertz CT molecular complexity index is 351. The summed E-state index contributed by atoms with van der Waals surface area (Å²) in [7, 11) is 0. The predicted octanol–water partition coefficient (Wildman–Crippen LogP) is 2.74. The first-order valence-corrected chi connectivity index (χ1v) is 7.51. The standard InChI is InChI=1S/C16H29NO2/c1-15(2,3)14(18)13-12-7-8-19-10-11(12)9-17(13)16(4,5)6/h11-13H,7-10H2,1-6H3. The fourth-order valence-electron chi connectivity index (χ4n) is 3.49. The van der Waals surface area contributed by atoms with Crippen LogP contribution in [0, 0.1) is 17.3 Å². The minimum absolute atomic E-state index is 0.0446. The Morgan fingerprint density at radius 3 is 2.32 bits per heavy atom. The number of ketones is 1. The molecule has 2 heterocycles. The highest BCUT2D eigenvalue weighted by atomic mass is 16.5. The molecule has 3 atom stereocenters. The zero-order chi connectivity index (χ0) is 14.4. The monoisotopic (exact) mass is 267 g/mol. The van der Waals surface area contributed by atoms with Gasteiger partial charge in [0.2, 0.25) is 0 Å². The van der Waals surface area contributed by atoms with Crippen LogP contribution in [0.1, 0.15) is 48.0 Å². The van der Waals surface area contributed by atoms with E-state index in [-0.39, 0.29) is 17.0 Å². The van der Waals surface area contributed by atoms with E-state index in [1.165, 1.54) is 0 Å². The Morgan fingerprint density at radius 2 is 1.79 bits per heavy atom. The van der Waals surface area contributed by atoms with Crippen molar-refractivity contribution in [2.45, 2.75) is 59.5 Å². The lowest BCUT2D eigenvalue weighted by atomic mass is 9.77. The van der Waals surface area contributed by atoms with E-state index in [1.54, 1.807) is 0 Å². The van der Waals surface area contributed by atoms with Crippen LogP contribution in [0.3, 0.4) is 0 Å². The van der Waals surface area contributed by atoms with Crippen molar-refractivity contribution in [3.8, 4) is 0 Å². The topological polar surface area (TPSA) is 29.5 Å². The van der Waals surface area contributed by atoms with Crippen LogP contribution in [-0.4, -0.2) is 42.0 Å². The van der Waals surface area contributed by atoms with Gasteiger partial charge >= 0.3 is 0 Å². The second-order valence-electron chi connectivity index (χ2n) is 8.17. The van der Waals surface area contributed by atoms with Crippen molar-refractivity contribution in [1.82, 2.24) is 4.90 Å². The quantitative estimate of drug-likeness (QED) is 0.731. The molecule has 0 saturated carbocycles. The van der Waals surface area contributed by atoms with Crippen LogP contribution in [0.4, 0.5) is 0 Å². The minimum atomic E-state index is -0.263. The van der Waals surface area contributed by atoms with Gasteiger partial charge in [0.25, 0.3) is 0 Å². The van der Waals surface area contributed by atoms with E-state index in [0.717, 1.165) is 26.2 Å². The van der Waals surface area contributed by atoms with Crippen molar-refractivity contribution in [2.24, 2.45) is 17.3 Å². The molecule has 0 radical (unpaired) electrons. The third-order valence-electron chi connectivity index (χ3n) is 4.57. The summed E-state index contributed by atoms with van der Waals surface area (Å²) in [6.07, 6.45) is 1.03. The maximum absolute atomic E-state index is 12.9. The van der Waals surface area contributed by atoms with E-state index in [2.05, 4.69) is 25.7 Å². The Balaban J connectivity index is 2.31. The molecule has 0 aromatic rings. The van der Waals surface area contributed by atoms with Gasteiger partial charge in [-0.2, -0.15) is 0 Å². The number of hydrogen-bond donors (Lipinski definition) is 0. The zero-order valence-electron chi connectivity index (χ0n) is 13.3. The van der Waals surface area contributed by atoms with Crippen LogP contribution in [0.15, 0.2) is 0 Å². The highest BCUT2D eigenvalue weighted by Gasteiger charge is 2.51. The number of carbonyl (C=O) groups is 1. The molecule has 2 aliphatic rings. The average Bonchev–Trinajstić information content (AvgIpc) is 2.65. The molecule has 2 rings (SSSR count). The fourth-order valence-corrected chi connectivity index (χ4v) is 3.49. The highest BCUT2D eigenvalue weighted by molar-refractivity contribution is 5.89. The third kappa shape index (κ3) is 2.87. The summed E-state index contributed by atoms with van der Waals surface area (Å²) in [5.74, 6) is 1.42. The lowest BCUT2D eigenvalue weighted by Crippen LogP contribution is -2.52. The van der Waals surface area contributed by atoms with Crippen LogP contribution in [-0.2, 0) is 9.53 Å². The Labute approximate surface area is 117 Å². The number of likely N-dealkylation sites (tertiary alicyclic amines) is 1. The number of nitrogens with zero attached hydrogens (tertiary/aromatic N) is 1. The van der Waals surface area contributed by atoms with E-state index in [9.17, 15) is 4.79 Å². The average molecular weight is 267 g/mol. The van der Waals surface area contributed by atoms with Crippen molar-refractivity contribution in [3.05, 3.63) is 0 Å². The number of Topliss-reactive ketones (excluding diaryl/α,β-unsaturated/α-hetero) is 1.